The first-order valence-electron chi connectivity index (χ1n) is 6.88. The van der Waals surface area contributed by atoms with Crippen molar-refractivity contribution in [3.63, 3.8) is 0 Å². The third-order valence-electron chi connectivity index (χ3n) is 3.77. The Morgan fingerprint density at radius 2 is 1.95 bits per heavy atom. The van der Waals surface area contributed by atoms with E-state index in [0.29, 0.717) is 24.0 Å². The Morgan fingerprint density at radius 1 is 1.19 bits per heavy atom. The van der Waals surface area contributed by atoms with E-state index in [2.05, 4.69) is 9.97 Å². The number of fused-ring (bicyclic) bond motifs is 1. The molecule has 1 N–H and O–H groups in total. The van der Waals surface area contributed by atoms with Crippen LogP contribution >= 0.6 is 0 Å². The Hall–Kier alpha value is -2.50. The molecule has 21 heavy (non-hydrogen) atoms. The summed E-state index contributed by atoms with van der Waals surface area (Å²) >= 11 is 0. The monoisotopic (exact) mass is 285 g/mol. The zero-order chi connectivity index (χ0) is 14.8. The predicted octanol–water partition coefficient (Wildman–Crippen LogP) is 1.57. The third kappa shape index (κ3) is 2.69. The zero-order valence-corrected chi connectivity index (χ0v) is 11.4. The molecule has 1 aromatic carbocycles. The van der Waals surface area contributed by atoms with Gasteiger partial charge in [0.2, 0.25) is 0 Å². The molecule has 0 bridgehead atoms. The molecule has 1 fully saturated rings. The van der Waals surface area contributed by atoms with Gasteiger partial charge in [-0.2, -0.15) is 0 Å². The van der Waals surface area contributed by atoms with Crippen molar-refractivity contribution < 1.29 is 14.7 Å². The van der Waals surface area contributed by atoms with Crippen molar-refractivity contribution in [1.82, 2.24) is 14.9 Å². The molecule has 2 aromatic rings. The Morgan fingerprint density at radius 3 is 2.71 bits per heavy atom. The predicted molar refractivity (Wildman–Crippen MR) is 75.8 cm³/mol. The number of hydrogen-bond donors (Lipinski definition) is 1. The van der Waals surface area contributed by atoms with Crippen LogP contribution in [0, 0.1) is 5.92 Å². The van der Waals surface area contributed by atoms with Gasteiger partial charge in [-0.3, -0.25) is 19.6 Å². The first-order chi connectivity index (χ1) is 10.1. The van der Waals surface area contributed by atoms with E-state index in [-0.39, 0.29) is 12.5 Å². The van der Waals surface area contributed by atoms with Crippen molar-refractivity contribution >= 4 is 22.9 Å². The summed E-state index contributed by atoms with van der Waals surface area (Å²) in [6, 6.07) is 5.17. The molecule has 1 aromatic heterocycles. The molecule has 0 saturated carbocycles. The molecular weight excluding hydrogens is 270 g/mol. The number of aromatic nitrogens is 2. The molecule has 0 aliphatic carbocycles. The lowest BCUT2D eigenvalue weighted by Gasteiger charge is -2.30. The summed E-state index contributed by atoms with van der Waals surface area (Å²) in [6.07, 6.45) is 4.53. The van der Waals surface area contributed by atoms with Gasteiger partial charge in [0.25, 0.3) is 5.91 Å². The lowest BCUT2D eigenvalue weighted by molar-refractivity contribution is -0.143. The number of carbonyl (C=O) groups excluding carboxylic acids is 1. The van der Waals surface area contributed by atoms with Gasteiger partial charge in [-0.15, -0.1) is 0 Å². The normalized spacial score (nSPS) is 18.7. The second-order valence-corrected chi connectivity index (χ2v) is 5.19. The average Bonchev–Trinajstić information content (AvgIpc) is 2.53. The number of likely N-dealkylation sites (tertiary alicyclic amines) is 1. The summed E-state index contributed by atoms with van der Waals surface area (Å²) in [5, 5.41) is 9.09. The SMILES string of the molecule is O=C(O)[C@@H]1CCCN(C(=O)c2ccc3nccnc3c2)C1. The van der Waals surface area contributed by atoms with Crippen molar-refractivity contribution in [2.24, 2.45) is 5.92 Å². The topological polar surface area (TPSA) is 83.4 Å². The van der Waals surface area contributed by atoms with E-state index in [1.807, 2.05) is 0 Å². The molecule has 108 valence electrons. The summed E-state index contributed by atoms with van der Waals surface area (Å²) in [7, 11) is 0. The summed E-state index contributed by atoms with van der Waals surface area (Å²) in [4.78, 5) is 33.5. The van der Waals surface area contributed by atoms with Crippen LogP contribution in [-0.4, -0.2) is 44.9 Å². The molecular formula is C15H15N3O3. The molecule has 1 aliphatic heterocycles. The molecule has 1 amide bonds. The smallest absolute Gasteiger partial charge is 0.308 e. The van der Waals surface area contributed by atoms with Gasteiger partial charge in [0.05, 0.1) is 17.0 Å². The highest BCUT2D eigenvalue weighted by Crippen LogP contribution is 2.20. The lowest BCUT2D eigenvalue weighted by Crippen LogP contribution is -2.42. The van der Waals surface area contributed by atoms with Gasteiger partial charge in [0, 0.05) is 31.0 Å². The molecule has 1 saturated heterocycles. The third-order valence-corrected chi connectivity index (χ3v) is 3.77. The quantitative estimate of drug-likeness (QED) is 0.905. The minimum Gasteiger partial charge on any atom is -0.481 e. The standard InChI is InChI=1S/C15H15N3O3/c19-14(18-7-1-2-11(9-18)15(20)21)10-3-4-12-13(8-10)17-6-5-16-12/h3-6,8,11H,1-2,7,9H2,(H,20,21)/t11-/m1/s1. The Kier molecular flexibility index (Phi) is 3.51. The number of nitrogens with zero attached hydrogens (tertiary/aromatic N) is 3. The molecule has 0 spiro atoms. The van der Waals surface area contributed by atoms with Gasteiger partial charge in [0.1, 0.15) is 0 Å². The second kappa shape index (κ2) is 5.47. The van der Waals surface area contributed by atoms with Gasteiger partial charge in [-0.25, -0.2) is 0 Å². The van der Waals surface area contributed by atoms with E-state index in [1.165, 1.54) is 0 Å². The van der Waals surface area contributed by atoms with E-state index in [4.69, 9.17) is 5.11 Å². The molecule has 0 unspecified atom stereocenters. The van der Waals surface area contributed by atoms with Crippen LogP contribution in [0.5, 0.6) is 0 Å². The number of aliphatic carboxylic acids is 1. The highest BCUT2D eigenvalue weighted by Gasteiger charge is 2.28. The van der Waals surface area contributed by atoms with Crippen molar-refractivity contribution in [3.05, 3.63) is 36.2 Å². The van der Waals surface area contributed by atoms with Gasteiger partial charge in [0.15, 0.2) is 0 Å². The molecule has 1 aliphatic rings. The van der Waals surface area contributed by atoms with Gasteiger partial charge < -0.3 is 10.0 Å². The number of carboxylic acids is 1. The van der Waals surface area contributed by atoms with Crippen molar-refractivity contribution in [1.29, 1.82) is 0 Å². The largest absolute Gasteiger partial charge is 0.481 e. The van der Waals surface area contributed by atoms with Crippen LogP contribution in [0.25, 0.3) is 11.0 Å². The number of hydrogen-bond acceptors (Lipinski definition) is 4. The van der Waals surface area contributed by atoms with Crippen molar-refractivity contribution in [3.8, 4) is 0 Å². The van der Waals surface area contributed by atoms with Crippen LogP contribution in [0.2, 0.25) is 0 Å². The van der Waals surface area contributed by atoms with Crippen LogP contribution in [-0.2, 0) is 4.79 Å². The highest BCUT2D eigenvalue weighted by molar-refractivity contribution is 5.97. The van der Waals surface area contributed by atoms with E-state index in [1.54, 1.807) is 35.5 Å². The average molecular weight is 285 g/mol. The van der Waals surface area contributed by atoms with E-state index >= 15 is 0 Å². The molecule has 6 nitrogen and oxygen atoms in total. The number of amides is 1. The van der Waals surface area contributed by atoms with Crippen molar-refractivity contribution in [2.75, 3.05) is 13.1 Å². The second-order valence-electron chi connectivity index (χ2n) is 5.19. The summed E-state index contributed by atoms with van der Waals surface area (Å²) in [5.41, 5.74) is 1.92. The fourth-order valence-electron chi connectivity index (χ4n) is 2.64. The first-order valence-corrected chi connectivity index (χ1v) is 6.88. The van der Waals surface area contributed by atoms with Gasteiger partial charge in [-0.1, -0.05) is 0 Å². The van der Waals surface area contributed by atoms with Crippen LogP contribution in [0.15, 0.2) is 30.6 Å². The molecule has 0 radical (unpaired) electrons. The minimum absolute atomic E-state index is 0.145. The van der Waals surface area contributed by atoms with Crippen LogP contribution in [0.1, 0.15) is 23.2 Å². The van der Waals surface area contributed by atoms with Crippen LogP contribution in [0.3, 0.4) is 0 Å². The maximum Gasteiger partial charge on any atom is 0.308 e. The maximum absolute atomic E-state index is 12.5. The summed E-state index contributed by atoms with van der Waals surface area (Å²) < 4.78 is 0. The Labute approximate surface area is 121 Å². The summed E-state index contributed by atoms with van der Waals surface area (Å²) in [6.45, 7) is 0.869. The van der Waals surface area contributed by atoms with E-state index in [0.717, 1.165) is 11.9 Å². The minimum atomic E-state index is -0.836. The molecule has 2 heterocycles. The first kappa shape index (κ1) is 13.5. The molecule has 6 heteroatoms. The number of rotatable bonds is 2. The molecule has 3 rings (SSSR count). The van der Waals surface area contributed by atoms with Crippen LogP contribution < -0.4 is 0 Å². The van der Waals surface area contributed by atoms with Gasteiger partial charge >= 0.3 is 5.97 Å². The zero-order valence-electron chi connectivity index (χ0n) is 11.4. The fraction of sp³-hybridized carbons (Fsp3) is 0.333. The van der Waals surface area contributed by atoms with Crippen LogP contribution in [0.4, 0.5) is 0 Å². The molecule has 1 atom stereocenters. The fourth-order valence-corrected chi connectivity index (χ4v) is 2.64. The highest BCUT2D eigenvalue weighted by atomic mass is 16.4. The number of carboxylic acid groups (broad SMARTS) is 1. The Bertz CT molecular complexity index is 701. The van der Waals surface area contributed by atoms with Crippen molar-refractivity contribution in [2.45, 2.75) is 12.8 Å². The lowest BCUT2D eigenvalue weighted by atomic mass is 9.97. The van der Waals surface area contributed by atoms with E-state index in [9.17, 15) is 9.59 Å². The Balaban J connectivity index is 1.84. The van der Waals surface area contributed by atoms with E-state index < -0.39 is 11.9 Å². The number of piperidine rings is 1. The number of carbonyl (C=O) groups is 2. The van der Waals surface area contributed by atoms with Gasteiger partial charge in [-0.05, 0) is 31.0 Å². The number of benzene rings is 1. The summed E-state index contributed by atoms with van der Waals surface area (Å²) in [5.74, 6) is -1.45. The maximum atomic E-state index is 12.5.